The summed E-state index contributed by atoms with van der Waals surface area (Å²) >= 11 is 0. The minimum Gasteiger partial charge on any atom is -0.370 e. The Labute approximate surface area is 67.9 Å². The molecule has 1 fully saturated rings. The van der Waals surface area contributed by atoms with E-state index in [4.69, 9.17) is 4.74 Å². The van der Waals surface area contributed by atoms with E-state index in [0.717, 1.165) is 19.3 Å². The quantitative estimate of drug-likeness (QED) is 0.622. The molecule has 0 heterocycles. The van der Waals surface area contributed by atoms with Crippen LogP contribution < -0.4 is 0 Å². The van der Waals surface area contributed by atoms with E-state index in [1.807, 2.05) is 13.8 Å². The van der Waals surface area contributed by atoms with Gasteiger partial charge in [0.25, 0.3) is 0 Å². The molecule has 1 aliphatic rings. The maximum absolute atomic E-state index is 11.6. The number of methoxy groups -OCH3 is 1. The standard InChI is InChI=1S/C9H16O2/c1-7(2)8(10)9(11-3)5-4-6-9/h7H,4-6H2,1-3H3. The molecule has 64 valence electrons. The number of Topliss-reactive ketones (excluding diaryl/α,β-unsaturated/α-hetero) is 1. The van der Waals surface area contributed by atoms with E-state index in [1.165, 1.54) is 0 Å². The fraction of sp³-hybridized carbons (Fsp3) is 0.889. The normalized spacial score (nSPS) is 21.5. The average Bonchev–Trinajstić information content (AvgIpc) is 1.86. The van der Waals surface area contributed by atoms with Gasteiger partial charge in [0, 0.05) is 13.0 Å². The van der Waals surface area contributed by atoms with Crippen LogP contribution in [0.1, 0.15) is 33.1 Å². The molecule has 1 rings (SSSR count). The monoisotopic (exact) mass is 156 g/mol. The van der Waals surface area contributed by atoms with Gasteiger partial charge in [-0.05, 0) is 19.3 Å². The van der Waals surface area contributed by atoms with Crippen molar-refractivity contribution in [3.05, 3.63) is 0 Å². The van der Waals surface area contributed by atoms with Gasteiger partial charge < -0.3 is 4.74 Å². The molecule has 0 atom stereocenters. The van der Waals surface area contributed by atoms with Gasteiger partial charge in [-0.1, -0.05) is 13.8 Å². The Kier molecular flexibility index (Phi) is 2.33. The van der Waals surface area contributed by atoms with E-state index in [9.17, 15) is 4.79 Å². The lowest BCUT2D eigenvalue weighted by Crippen LogP contribution is -2.48. The summed E-state index contributed by atoms with van der Waals surface area (Å²) in [7, 11) is 1.64. The Balaban J connectivity index is 2.62. The van der Waals surface area contributed by atoms with Crippen molar-refractivity contribution >= 4 is 5.78 Å². The van der Waals surface area contributed by atoms with Crippen LogP contribution in [0, 0.1) is 5.92 Å². The minimum absolute atomic E-state index is 0.107. The first kappa shape index (κ1) is 8.72. The lowest BCUT2D eigenvalue weighted by molar-refractivity contribution is -0.155. The highest BCUT2D eigenvalue weighted by Gasteiger charge is 2.44. The number of rotatable bonds is 3. The Hall–Kier alpha value is -0.370. The molecular weight excluding hydrogens is 140 g/mol. The summed E-state index contributed by atoms with van der Waals surface area (Å²) < 4.78 is 5.25. The van der Waals surface area contributed by atoms with Crippen LogP contribution in [0.5, 0.6) is 0 Å². The zero-order chi connectivity index (χ0) is 8.48. The summed E-state index contributed by atoms with van der Waals surface area (Å²) in [5, 5.41) is 0. The Morgan fingerprint density at radius 3 is 2.09 bits per heavy atom. The summed E-state index contributed by atoms with van der Waals surface area (Å²) in [6.07, 6.45) is 2.97. The molecule has 0 radical (unpaired) electrons. The van der Waals surface area contributed by atoms with Gasteiger partial charge in [0.05, 0.1) is 0 Å². The lowest BCUT2D eigenvalue weighted by atomic mass is 9.74. The van der Waals surface area contributed by atoms with Gasteiger partial charge >= 0.3 is 0 Å². The van der Waals surface area contributed by atoms with Gasteiger partial charge in [-0.15, -0.1) is 0 Å². The fourth-order valence-electron chi connectivity index (χ4n) is 1.58. The van der Waals surface area contributed by atoms with Crippen LogP contribution in [-0.4, -0.2) is 18.5 Å². The summed E-state index contributed by atoms with van der Waals surface area (Å²) in [6, 6.07) is 0. The van der Waals surface area contributed by atoms with E-state index in [2.05, 4.69) is 0 Å². The number of ketones is 1. The van der Waals surface area contributed by atoms with Crippen LogP contribution in [0.15, 0.2) is 0 Å². The largest absolute Gasteiger partial charge is 0.370 e. The maximum Gasteiger partial charge on any atom is 0.167 e. The molecule has 0 saturated heterocycles. The van der Waals surface area contributed by atoms with Gasteiger partial charge in [-0.2, -0.15) is 0 Å². The first-order chi connectivity index (χ1) is 5.12. The van der Waals surface area contributed by atoms with Crippen molar-refractivity contribution in [3.8, 4) is 0 Å². The van der Waals surface area contributed by atoms with Crippen molar-refractivity contribution in [3.63, 3.8) is 0 Å². The molecule has 0 spiro atoms. The van der Waals surface area contributed by atoms with Gasteiger partial charge in [0.2, 0.25) is 0 Å². The molecule has 0 bridgehead atoms. The molecule has 0 unspecified atom stereocenters. The van der Waals surface area contributed by atoms with Crippen LogP contribution in [0.2, 0.25) is 0 Å². The molecule has 0 aromatic rings. The van der Waals surface area contributed by atoms with E-state index in [1.54, 1.807) is 7.11 Å². The molecule has 0 aromatic heterocycles. The Bertz CT molecular complexity index is 151. The lowest BCUT2D eigenvalue weighted by Gasteiger charge is -2.39. The third-order valence-corrected chi connectivity index (χ3v) is 2.53. The van der Waals surface area contributed by atoms with E-state index >= 15 is 0 Å². The highest BCUT2D eigenvalue weighted by atomic mass is 16.5. The Morgan fingerprint density at radius 2 is 2.00 bits per heavy atom. The summed E-state index contributed by atoms with van der Waals surface area (Å²) in [4.78, 5) is 11.6. The van der Waals surface area contributed by atoms with E-state index in [0.29, 0.717) is 0 Å². The molecule has 0 aromatic carbocycles. The predicted octanol–water partition coefficient (Wildman–Crippen LogP) is 1.78. The van der Waals surface area contributed by atoms with Crippen LogP contribution in [0.4, 0.5) is 0 Å². The average molecular weight is 156 g/mol. The molecule has 0 amide bonds. The van der Waals surface area contributed by atoms with E-state index in [-0.39, 0.29) is 11.7 Å². The fourth-order valence-corrected chi connectivity index (χ4v) is 1.58. The third-order valence-electron chi connectivity index (χ3n) is 2.53. The number of hydrogen-bond acceptors (Lipinski definition) is 2. The SMILES string of the molecule is COC1(C(=O)C(C)C)CCC1. The second-order valence-electron chi connectivity index (χ2n) is 3.57. The Morgan fingerprint density at radius 1 is 1.45 bits per heavy atom. The molecule has 2 nitrogen and oxygen atoms in total. The molecule has 11 heavy (non-hydrogen) atoms. The van der Waals surface area contributed by atoms with Gasteiger partial charge in [0.15, 0.2) is 5.78 Å². The van der Waals surface area contributed by atoms with Crippen LogP contribution in [0.3, 0.4) is 0 Å². The smallest absolute Gasteiger partial charge is 0.167 e. The number of carbonyl (C=O) groups excluding carboxylic acids is 1. The first-order valence-corrected chi connectivity index (χ1v) is 4.22. The van der Waals surface area contributed by atoms with Gasteiger partial charge in [-0.3, -0.25) is 4.79 Å². The molecule has 0 N–H and O–H groups in total. The summed E-state index contributed by atoms with van der Waals surface area (Å²) in [5.41, 5.74) is -0.395. The summed E-state index contributed by atoms with van der Waals surface area (Å²) in [5.74, 6) is 0.376. The summed E-state index contributed by atoms with van der Waals surface area (Å²) in [6.45, 7) is 3.86. The molecule has 0 aliphatic heterocycles. The van der Waals surface area contributed by atoms with Crippen molar-refractivity contribution in [2.24, 2.45) is 5.92 Å². The molecule has 1 aliphatic carbocycles. The van der Waals surface area contributed by atoms with Crippen LogP contribution in [-0.2, 0) is 9.53 Å². The number of ether oxygens (including phenoxy) is 1. The topological polar surface area (TPSA) is 26.3 Å². The molecule has 2 heteroatoms. The third kappa shape index (κ3) is 1.32. The minimum atomic E-state index is -0.395. The van der Waals surface area contributed by atoms with Crippen molar-refractivity contribution < 1.29 is 9.53 Å². The first-order valence-electron chi connectivity index (χ1n) is 4.22. The van der Waals surface area contributed by atoms with Crippen LogP contribution >= 0.6 is 0 Å². The highest BCUT2D eigenvalue weighted by molar-refractivity contribution is 5.89. The second kappa shape index (κ2) is 2.94. The second-order valence-corrected chi connectivity index (χ2v) is 3.57. The zero-order valence-electron chi connectivity index (χ0n) is 7.52. The van der Waals surface area contributed by atoms with Crippen molar-refractivity contribution in [2.45, 2.75) is 38.7 Å². The van der Waals surface area contributed by atoms with E-state index < -0.39 is 5.60 Å². The van der Waals surface area contributed by atoms with Gasteiger partial charge in [-0.25, -0.2) is 0 Å². The number of hydrogen-bond donors (Lipinski definition) is 0. The number of carbonyl (C=O) groups is 1. The highest BCUT2D eigenvalue weighted by Crippen LogP contribution is 2.37. The van der Waals surface area contributed by atoms with Crippen molar-refractivity contribution in [1.29, 1.82) is 0 Å². The maximum atomic E-state index is 11.6. The van der Waals surface area contributed by atoms with Crippen molar-refractivity contribution in [1.82, 2.24) is 0 Å². The van der Waals surface area contributed by atoms with Crippen LogP contribution in [0.25, 0.3) is 0 Å². The molecular formula is C9H16O2. The predicted molar refractivity (Wildman–Crippen MR) is 43.4 cm³/mol. The van der Waals surface area contributed by atoms with Gasteiger partial charge in [0.1, 0.15) is 5.60 Å². The van der Waals surface area contributed by atoms with Crippen molar-refractivity contribution in [2.75, 3.05) is 7.11 Å². The molecule has 1 saturated carbocycles. The zero-order valence-corrected chi connectivity index (χ0v) is 7.52.